The highest BCUT2D eigenvalue weighted by atomic mass is 32.1. The number of carbonyl (C=O) groups is 1. The normalized spacial score (nSPS) is 14.3. The Kier molecular flexibility index (Phi) is 5.32. The second kappa shape index (κ2) is 7.91. The van der Waals surface area contributed by atoms with Gasteiger partial charge >= 0.3 is 0 Å². The van der Waals surface area contributed by atoms with E-state index >= 15 is 0 Å². The number of nitrogens with zero attached hydrogens (tertiary/aromatic N) is 3. The van der Waals surface area contributed by atoms with Crippen LogP contribution in [-0.4, -0.2) is 56.2 Å². The van der Waals surface area contributed by atoms with Gasteiger partial charge in [0.15, 0.2) is 5.13 Å². The lowest BCUT2D eigenvalue weighted by Crippen LogP contribution is -2.48. The van der Waals surface area contributed by atoms with Gasteiger partial charge in [0.25, 0.3) is 5.91 Å². The first kappa shape index (κ1) is 19.5. The van der Waals surface area contributed by atoms with Gasteiger partial charge in [-0.25, -0.2) is 4.98 Å². The topological polar surface area (TPSA) is 54.9 Å². The van der Waals surface area contributed by atoms with E-state index in [1.54, 1.807) is 43.8 Å². The summed E-state index contributed by atoms with van der Waals surface area (Å²) >= 11 is 1.72. The van der Waals surface area contributed by atoms with E-state index in [1.807, 2.05) is 4.90 Å². The van der Waals surface area contributed by atoms with Crippen LogP contribution in [0.5, 0.6) is 11.5 Å². The molecule has 4 rings (SSSR count). The lowest BCUT2D eigenvalue weighted by Gasteiger charge is -2.34. The molecule has 29 heavy (non-hydrogen) atoms. The van der Waals surface area contributed by atoms with E-state index < -0.39 is 0 Å². The highest BCUT2D eigenvalue weighted by Crippen LogP contribution is 2.32. The number of hydrogen-bond donors (Lipinski definition) is 0. The molecule has 1 aliphatic heterocycles. The van der Waals surface area contributed by atoms with Crippen molar-refractivity contribution >= 4 is 32.6 Å². The summed E-state index contributed by atoms with van der Waals surface area (Å²) in [4.78, 5) is 22.1. The number of carbonyl (C=O) groups excluding carboxylic acids is 1. The lowest BCUT2D eigenvalue weighted by molar-refractivity contribution is 0.0743. The van der Waals surface area contributed by atoms with Crippen LogP contribution in [0.4, 0.5) is 5.13 Å². The molecule has 2 heterocycles. The molecule has 0 bridgehead atoms. The number of thiazole rings is 1. The van der Waals surface area contributed by atoms with Crippen LogP contribution in [0.1, 0.15) is 21.5 Å². The Morgan fingerprint density at radius 2 is 1.79 bits per heavy atom. The molecule has 0 spiro atoms. The van der Waals surface area contributed by atoms with Crippen LogP contribution in [0.3, 0.4) is 0 Å². The number of fused-ring (bicyclic) bond motifs is 1. The maximum absolute atomic E-state index is 13.1. The molecule has 1 aliphatic rings. The van der Waals surface area contributed by atoms with Crippen molar-refractivity contribution in [3.63, 3.8) is 0 Å². The number of hydrogen-bond acceptors (Lipinski definition) is 6. The van der Waals surface area contributed by atoms with Crippen LogP contribution in [0.2, 0.25) is 0 Å². The molecule has 1 amide bonds. The predicted octanol–water partition coefficient (Wildman–Crippen LogP) is 3.89. The fourth-order valence-electron chi connectivity index (χ4n) is 3.75. The van der Waals surface area contributed by atoms with E-state index in [-0.39, 0.29) is 5.91 Å². The number of amides is 1. The van der Waals surface area contributed by atoms with E-state index in [0.29, 0.717) is 30.2 Å². The zero-order valence-electron chi connectivity index (χ0n) is 17.2. The van der Waals surface area contributed by atoms with E-state index in [0.717, 1.165) is 23.7 Å². The highest BCUT2D eigenvalue weighted by Gasteiger charge is 2.26. The van der Waals surface area contributed by atoms with Gasteiger partial charge in [0, 0.05) is 26.2 Å². The van der Waals surface area contributed by atoms with Gasteiger partial charge in [-0.15, -0.1) is 0 Å². The van der Waals surface area contributed by atoms with Crippen molar-refractivity contribution in [2.45, 2.75) is 13.8 Å². The fraction of sp³-hybridized carbons (Fsp3) is 0.364. The minimum absolute atomic E-state index is 0.0313. The number of aromatic nitrogens is 1. The number of rotatable bonds is 4. The third-order valence-corrected chi connectivity index (χ3v) is 6.36. The number of methoxy groups -OCH3 is 2. The fourth-order valence-corrected chi connectivity index (χ4v) is 4.94. The first-order valence-corrected chi connectivity index (χ1v) is 10.5. The Morgan fingerprint density at radius 1 is 1.03 bits per heavy atom. The quantitative estimate of drug-likeness (QED) is 0.652. The third-order valence-electron chi connectivity index (χ3n) is 5.29. The average molecular weight is 412 g/mol. The summed E-state index contributed by atoms with van der Waals surface area (Å²) in [6, 6.07) is 9.67. The second-order valence-electron chi connectivity index (χ2n) is 7.27. The van der Waals surface area contributed by atoms with Crippen LogP contribution < -0.4 is 14.4 Å². The molecule has 6 nitrogen and oxygen atoms in total. The minimum Gasteiger partial charge on any atom is -0.497 e. The maximum atomic E-state index is 13.1. The molecule has 1 fully saturated rings. The van der Waals surface area contributed by atoms with Crippen LogP contribution in [-0.2, 0) is 0 Å². The molecule has 152 valence electrons. The Hall–Kier alpha value is -2.80. The van der Waals surface area contributed by atoms with E-state index in [9.17, 15) is 4.79 Å². The summed E-state index contributed by atoms with van der Waals surface area (Å²) in [6.45, 7) is 7.03. The molecule has 0 N–H and O–H groups in total. The summed E-state index contributed by atoms with van der Waals surface area (Å²) < 4.78 is 11.9. The Bertz CT molecular complexity index is 1050. The standard InChI is InChI=1S/C22H25N3O3S/c1-14-11-15(2)20-19(12-14)29-22(23-20)25-9-7-24(8-10-25)21(26)17-13-16(27-3)5-6-18(17)28-4/h5-6,11-13H,7-10H2,1-4H3. The molecule has 1 aromatic heterocycles. The van der Waals surface area contributed by atoms with Gasteiger partial charge in [0.05, 0.1) is 30.0 Å². The number of ether oxygens (including phenoxy) is 2. The predicted molar refractivity (Wildman–Crippen MR) is 117 cm³/mol. The molecular weight excluding hydrogens is 386 g/mol. The Labute approximate surface area is 174 Å². The largest absolute Gasteiger partial charge is 0.497 e. The van der Waals surface area contributed by atoms with Gasteiger partial charge in [-0.3, -0.25) is 4.79 Å². The molecule has 3 aromatic rings. The molecule has 2 aromatic carbocycles. The van der Waals surface area contributed by atoms with Crippen molar-refractivity contribution in [3.8, 4) is 11.5 Å². The second-order valence-corrected chi connectivity index (χ2v) is 8.28. The van der Waals surface area contributed by atoms with Gasteiger partial charge < -0.3 is 19.3 Å². The number of piperazine rings is 1. The minimum atomic E-state index is -0.0313. The molecule has 0 radical (unpaired) electrons. The third kappa shape index (κ3) is 3.74. The van der Waals surface area contributed by atoms with Gasteiger partial charge in [-0.05, 0) is 49.2 Å². The van der Waals surface area contributed by atoms with Crippen LogP contribution in [0.25, 0.3) is 10.2 Å². The number of aryl methyl sites for hydroxylation is 2. The van der Waals surface area contributed by atoms with Crippen molar-refractivity contribution in [3.05, 3.63) is 47.0 Å². The van der Waals surface area contributed by atoms with Gasteiger partial charge in [-0.2, -0.15) is 0 Å². The number of benzene rings is 2. The van der Waals surface area contributed by atoms with Crippen LogP contribution in [0.15, 0.2) is 30.3 Å². The summed E-state index contributed by atoms with van der Waals surface area (Å²) in [7, 11) is 3.17. The number of anilines is 1. The van der Waals surface area contributed by atoms with Crippen molar-refractivity contribution in [2.75, 3.05) is 45.3 Å². The summed E-state index contributed by atoms with van der Waals surface area (Å²) in [5.74, 6) is 1.18. The van der Waals surface area contributed by atoms with Crippen LogP contribution in [0, 0.1) is 13.8 Å². The summed E-state index contributed by atoms with van der Waals surface area (Å²) in [5, 5.41) is 1.03. The molecule has 0 atom stereocenters. The smallest absolute Gasteiger partial charge is 0.257 e. The van der Waals surface area contributed by atoms with Crippen molar-refractivity contribution in [1.82, 2.24) is 9.88 Å². The van der Waals surface area contributed by atoms with E-state index in [4.69, 9.17) is 14.5 Å². The lowest BCUT2D eigenvalue weighted by atomic mass is 10.1. The zero-order valence-corrected chi connectivity index (χ0v) is 18.0. The maximum Gasteiger partial charge on any atom is 0.257 e. The Morgan fingerprint density at radius 3 is 2.48 bits per heavy atom. The van der Waals surface area contributed by atoms with Crippen molar-refractivity contribution in [2.24, 2.45) is 0 Å². The molecule has 0 aliphatic carbocycles. The highest BCUT2D eigenvalue weighted by molar-refractivity contribution is 7.22. The van der Waals surface area contributed by atoms with E-state index in [1.165, 1.54) is 15.8 Å². The summed E-state index contributed by atoms with van der Waals surface area (Å²) in [5.41, 5.74) is 4.08. The first-order valence-electron chi connectivity index (χ1n) is 9.64. The van der Waals surface area contributed by atoms with Crippen molar-refractivity contribution < 1.29 is 14.3 Å². The Balaban J connectivity index is 1.50. The molecule has 0 unspecified atom stereocenters. The average Bonchev–Trinajstić information content (AvgIpc) is 3.17. The zero-order chi connectivity index (χ0) is 20.5. The van der Waals surface area contributed by atoms with E-state index in [2.05, 4.69) is 30.9 Å². The molecule has 0 saturated carbocycles. The van der Waals surface area contributed by atoms with Gasteiger partial charge in [-0.1, -0.05) is 17.4 Å². The summed E-state index contributed by atoms with van der Waals surface area (Å²) in [6.07, 6.45) is 0. The van der Waals surface area contributed by atoms with Gasteiger partial charge in [0.2, 0.25) is 0 Å². The molecule has 7 heteroatoms. The first-order chi connectivity index (χ1) is 14.0. The molecular formula is C22H25N3O3S. The van der Waals surface area contributed by atoms with Gasteiger partial charge in [0.1, 0.15) is 11.5 Å². The molecule has 1 saturated heterocycles. The monoisotopic (exact) mass is 411 g/mol. The SMILES string of the molecule is COc1ccc(OC)c(C(=O)N2CCN(c3nc4c(C)cc(C)cc4s3)CC2)c1. The van der Waals surface area contributed by atoms with Crippen molar-refractivity contribution in [1.29, 1.82) is 0 Å². The van der Waals surface area contributed by atoms with Crippen LogP contribution >= 0.6 is 11.3 Å².